The van der Waals surface area contributed by atoms with Crippen molar-refractivity contribution in [2.24, 2.45) is 0 Å². The first-order valence-electron chi connectivity index (χ1n) is 5.44. The molecule has 0 saturated heterocycles. The molecule has 5 heteroatoms. The molecule has 2 atom stereocenters. The van der Waals surface area contributed by atoms with Gasteiger partial charge in [0.2, 0.25) is 0 Å². The molecule has 0 saturated carbocycles. The van der Waals surface area contributed by atoms with Gasteiger partial charge in [-0.3, -0.25) is 0 Å². The average Bonchev–Trinajstić information content (AvgIpc) is 2.41. The van der Waals surface area contributed by atoms with Gasteiger partial charge in [-0.1, -0.05) is 6.58 Å². The highest BCUT2D eigenvalue weighted by Crippen LogP contribution is 2.35. The van der Waals surface area contributed by atoms with Crippen LogP contribution in [0.2, 0.25) is 0 Å². The summed E-state index contributed by atoms with van der Waals surface area (Å²) < 4.78 is 11.6. The molecule has 1 unspecified atom stereocenters. The Morgan fingerprint density at radius 1 is 1.59 bits per heavy atom. The minimum atomic E-state index is -1.24. The Labute approximate surface area is 115 Å². The van der Waals surface area contributed by atoms with Gasteiger partial charge in [0.1, 0.15) is 12.7 Å². The molecule has 2 N–H and O–H groups in total. The average molecular weight is 354 g/mol. The number of rotatable bonds is 5. The Morgan fingerprint density at radius 2 is 2.18 bits per heavy atom. The van der Waals surface area contributed by atoms with Crippen molar-refractivity contribution in [3.8, 4) is 0 Å². The predicted octanol–water partition coefficient (Wildman–Crippen LogP) is 2.10. The molecule has 0 aliphatic heterocycles. The van der Waals surface area contributed by atoms with Gasteiger partial charge >= 0.3 is 0 Å². The van der Waals surface area contributed by atoms with Crippen LogP contribution in [0.1, 0.15) is 27.2 Å². The van der Waals surface area contributed by atoms with Gasteiger partial charge in [0.05, 0.1) is 11.9 Å². The van der Waals surface area contributed by atoms with Crippen molar-refractivity contribution in [2.75, 3.05) is 6.61 Å². The van der Waals surface area contributed by atoms with Crippen LogP contribution in [0.25, 0.3) is 0 Å². The number of ether oxygens (including phenoxy) is 2. The van der Waals surface area contributed by atoms with E-state index in [1.807, 2.05) is 0 Å². The molecule has 17 heavy (non-hydrogen) atoms. The van der Waals surface area contributed by atoms with Gasteiger partial charge in [-0.05, 0) is 48.9 Å². The highest BCUT2D eigenvalue weighted by molar-refractivity contribution is 14.1. The Morgan fingerprint density at radius 3 is 2.65 bits per heavy atom. The third-order valence-electron chi connectivity index (χ3n) is 2.33. The van der Waals surface area contributed by atoms with Gasteiger partial charge < -0.3 is 19.7 Å². The molecule has 0 radical (unpaired) electrons. The molecule has 4 nitrogen and oxygen atoms in total. The summed E-state index contributed by atoms with van der Waals surface area (Å²) in [5.74, 6) is -0.601. The normalized spacial score (nSPS) is 25.3. The minimum Gasteiger partial charge on any atom is -0.494 e. The second kappa shape index (κ2) is 5.69. The molecule has 0 aromatic carbocycles. The fraction of sp³-hybridized carbons (Fsp3) is 0.667. The van der Waals surface area contributed by atoms with E-state index in [4.69, 9.17) is 9.47 Å². The number of aliphatic hydroxyl groups excluding tert-OH is 1. The molecular formula is C12H19IO4. The van der Waals surface area contributed by atoms with Gasteiger partial charge in [0.15, 0.2) is 5.79 Å². The van der Waals surface area contributed by atoms with E-state index in [0.29, 0.717) is 18.8 Å². The third-order valence-corrected chi connectivity index (χ3v) is 3.73. The van der Waals surface area contributed by atoms with E-state index in [0.717, 1.165) is 9.15 Å². The Balaban J connectivity index is 2.61. The highest BCUT2D eigenvalue weighted by Gasteiger charge is 2.36. The van der Waals surface area contributed by atoms with Gasteiger partial charge in [-0.2, -0.15) is 0 Å². The molecule has 0 amide bonds. The van der Waals surface area contributed by atoms with Crippen molar-refractivity contribution in [2.45, 2.75) is 45.2 Å². The zero-order chi connectivity index (χ0) is 13.2. The van der Waals surface area contributed by atoms with E-state index in [1.54, 1.807) is 20.8 Å². The van der Waals surface area contributed by atoms with Crippen LogP contribution in [0.15, 0.2) is 21.5 Å². The van der Waals surface area contributed by atoms with Crippen molar-refractivity contribution < 1.29 is 19.7 Å². The molecule has 98 valence electrons. The summed E-state index contributed by atoms with van der Waals surface area (Å²) in [7, 11) is 0. The summed E-state index contributed by atoms with van der Waals surface area (Å²) in [6.45, 7) is 8.95. The first kappa shape index (κ1) is 14.9. The van der Waals surface area contributed by atoms with E-state index in [2.05, 4.69) is 29.2 Å². The van der Waals surface area contributed by atoms with Crippen molar-refractivity contribution in [1.82, 2.24) is 0 Å². The summed E-state index contributed by atoms with van der Waals surface area (Å²) in [6, 6.07) is 0. The minimum absolute atomic E-state index is 0.411. The molecule has 0 heterocycles. The van der Waals surface area contributed by atoms with E-state index < -0.39 is 18.0 Å². The maximum Gasteiger partial charge on any atom is 0.160 e. The van der Waals surface area contributed by atoms with Crippen LogP contribution in [0.3, 0.4) is 0 Å². The molecule has 0 aromatic heterocycles. The number of hydrogen-bond acceptors (Lipinski definition) is 4. The summed E-state index contributed by atoms with van der Waals surface area (Å²) in [4.78, 5) is 0. The molecule has 0 spiro atoms. The quantitative estimate of drug-likeness (QED) is 0.451. The van der Waals surface area contributed by atoms with Gasteiger partial charge in [0.25, 0.3) is 0 Å². The fourth-order valence-corrected chi connectivity index (χ4v) is 2.42. The number of hydrogen-bond donors (Lipinski definition) is 2. The zero-order valence-corrected chi connectivity index (χ0v) is 12.5. The maximum absolute atomic E-state index is 9.98. The Bertz CT molecular complexity index is 330. The lowest BCUT2D eigenvalue weighted by atomic mass is 10.2. The summed E-state index contributed by atoms with van der Waals surface area (Å²) in [6.07, 6.45) is -0.534. The molecule has 1 rings (SSSR count). The van der Waals surface area contributed by atoms with Crippen molar-refractivity contribution >= 4 is 22.6 Å². The summed E-state index contributed by atoms with van der Waals surface area (Å²) in [5, 5.41) is 19.6. The van der Waals surface area contributed by atoms with E-state index in [-0.39, 0.29) is 0 Å². The van der Waals surface area contributed by atoms with E-state index in [9.17, 15) is 10.2 Å². The van der Waals surface area contributed by atoms with Crippen LogP contribution < -0.4 is 0 Å². The van der Waals surface area contributed by atoms with Crippen molar-refractivity contribution in [1.29, 1.82) is 0 Å². The lowest BCUT2D eigenvalue weighted by Crippen LogP contribution is -2.35. The van der Waals surface area contributed by atoms with Crippen LogP contribution in [0.5, 0.6) is 0 Å². The second-order valence-corrected chi connectivity index (χ2v) is 5.86. The molecule has 0 bridgehead atoms. The first-order chi connectivity index (χ1) is 7.70. The summed E-state index contributed by atoms with van der Waals surface area (Å²) in [5.41, 5.74) is 0.996. The van der Waals surface area contributed by atoms with Crippen molar-refractivity contribution in [3.05, 3.63) is 21.5 Å². The van der Waals surface area contributed by atoms with Crippen LogP contribution in [0, 0.1) is 0 Å². The monoisotopic (exact) mass is 354 g/mol. The van der Waals surface area contributed by atoms with Gasteiger partial charge in [-0.25, -0.2) is 0 Å². The van der Waals surface area contributed by atoms with Crippen LogP contribution in [-0.4, -0.2) is 34.8 Å². The largest absolute Gasteiger partial charge is 0.494 e. The van der Waals surface area contributed by atoms with Crippen LogP contribution >= 0.6 is 22.6 Å². The fourth-order valence-electron chi connectivity index (χ4n) is 1.64. The van der Waals surface area contributed by atoms with Gasteiger partial charge in [-0.15, -0.1) is 0 Å². The topological polar surface area (TPSA) is 58.9 Å². The number of halogens is 1. The maximum atomic E-state index is 9.98. The molecule has 1 aliphatic rings. The third kappa shape index (κ3) is 4.57. The van der Waals surface area contributed by atoms with E-state index in [1.165, 1.54) is 0 Å². The highest BCUT2D eigenvalue weighted by atomic mass is 127. The zero-order valence-electron chi connectivity index (χ0n) is 10.4. The predicted molar refractivity (Wildman–Crippen MR) is 73.6 cm³/mol. The lowest BCUT2D eigenvalue weighted by Gasteiger charge is -2.25. The Kier molecular flexibility index (Phi) is 5.00. The molecular weight excluding hydrogens is 335 g/mol. The van der Waals surface area contributed by atoms with E-state index >= 15 is 0 Å². The summed E-state index contributed by atoms with van der Waals surface area (Å²) >= 11 is 2.09. The number of aliphatic hydroxyl groups is 2. The molecule has 0 aromatic rings. The van der Waals surface area contributed by atoms with Gasteiger partial charge in [0, 0.05) is 10.0 Å². The lowest BCUT2D eigenvalue weighted by molar-refractivity contribution is -0.217. The number of allylic oxidation sites excluding steroid dienone is 1. The second-order valence-electron chi connectivity index (χ2n) is 4.69. The SMILES string of the molecule is C=C(C)OCC1=C(I)[C@H](O)C(OC(C)(C)O)C1. The smallest absolute Gasteiger partial charge is 0.160 e. The standard InChI is InChI=1S/C12H19IO4/c1-7(2)16-6-8-5-9(11(14)10(8)13)17-12(3,4)15/h9,11,14-15H,1,5-6H2,2-4H3/t9?,11-/m1/s1. The Hall–Kier alpha value is -0.110. The van der Waals surface area contributed by atoms with Crippen LogP contribution in [0.4, 0.5) is 0 Å². The van der Waals surface area contributed by atoms with Crippen molar-refractivity contribution in [3.63, 3.8) is 0 Å². The molecule has 0 fully saturated rings. The van der Waals surface area contributed by atoms with Crippen LogP contribution in [-0.2, 0) is 9.47 Å². The molecule has 1 aliphatic carbocycles. The first-order valence-corrected chi connectivity index (χ1v) is 6.52.